The number of halogens is 3. The zero-order valence-corrected chi connectivity index (χ0v) is 13.9. The van der Waals surface area contributed by atoms with Crippen LogP contribution in [0.2, 0.25) is 0 Å². The first-order valence-corrected chi connectivity index (χ1v) is 7.69. The van der Waals surface area contributed by atoms with Crippen LogP contribution in [-0.4, -0.2) is 9.97 Å². The summed E-state index contributed by atoms with van der Waals surface area (Å²) < 4.78 is 49.1. The van der Waals surface area contributed by atoms with Gasteiger partial charge < -0.3 is 9.47 Å². The first-order chi connectivity index (χ1) is 13.4. The second-order valence-corrected chi connectivity index (χ2v) is 5.37. The topological polar surface area (TPSA) is 91.8 Å². The molecule has 0 bridgehead atoms. The predicted molar refractivity (Wildman–Crippen MR) is 89.5 cm³/mol. The molecule has 0 unspecified atom stereocenters. The Morgan fingerprint density at radius 2 is 1.46 bits per heavy atom. The number of hydrogen-bond acceptors (Lipinski definition) is 6. The Balaban J connectivity index is 1.82. The van der Waals surface area contributed by atoms with Crippen molar-refractivity contribution in [1.29, 1.82) is 10.5 Å². The molecule has 0 aliphatic heterocycles. The molecule has 138 valence electrons. The lowest BCUT2D eigenvalue weighted by Gasteiger charge is -2.10. The molecule has 0 fully saturated rings. The van der Waals surface area contributed by atoms with Gasteiger partial charge in [0.1, 0.15) is 17.2 Å². The molecule has 1 heterocycles. The van der Waals surface area contributed by atoms with Crippen LogP contribution in [0.5, 0.6) is 23.3 Å². The van der Waals surface area contributed by atoms with Gasteiger partial charge in [0.15, 0.2) is 5.69 Å². The fourth-order valence-corrected chi connectivity index (χ4v) is 2.18. The Hall–Kier alpha value is -4.11. The molecule has 0 saturated heterocycles. The summed E-state index contributed by atoms with van der Waals surface area (Å²) in [6.45, 7) is 0. The normalized spacial score (nSPS) is 10.6. The summed E-state index contributed by atoms with van der Waals surface area (Å²) in [7, 11) is 0. The smallest absolute Gasteiger partial charge is 0.433 e. The molecule has 2 aromatic carbocycles. The minimum Gasteiger partial charge on any atom is -0.457 e. The third kappa shape index (κ3) is 4.54. The molecule has 0 N–H and O–H groups in total. The molecule has 0 radical (unpaired) electrons. The van der Waals surface area contributed by atoms with Crippen molar-refractivity contribution in [2.24, 2.45) is 0 Å². The molecule has 0 spiro atoms. The first-order valence-electron chi connectivity index (χ1n) is 7.69. The van der Waals surface area contributed by atoms with Gasteiger partial charge in [0.05, 0.1) is 23.3 Å². The van der Waals surface area contributed by atoms with E-state index in [1.807, 2.05) is 12.1 Å². The highest BCUT2D eigenvalue weighted by Gasteiger charge is 2.33. The molecule has 0 saturated carbocycles. The highest BCUT2D eigenvalue weighted by atomic mass is 19.4. The van der Waals surface area contributed by atoms with Gasteiger partial charge in [-0.1, -0.05) is 6.07 Å². The second kappa shape index (κ2) is 7.64. The van der Waals surface area contributed by atoms with Crippen molar-refractivity contribution in [3.8, 4) is 35.4 Å². The lowest BCUT2D eigenvalue weighted by Crippen LogP contribution is -2.08. The van der Waals surface area contributed by atoms with E-state index in [4.69, 9.17) is 20.0 Å². The van der Waals surface area contributed by atoms with Crippen molar-refractivity contribution >= 4 is 0 Å². The van der Waals surface area contributed by atoms with Crippen LogP contribution in [0.15, 0.2) is 54.7 Å². The summed E-state index contributed by atoms with van der Waals surface area (Å²) in [6.07, 6.45) is -3.67. The maximum Gasteiger partial charge on any atom is 0.433 e. The summed E-state index contributed by atoms with van der Waals surface area (Å²) in [5.41, 5.74) is -0.625. The zero-order chi connectivity index (χ0) is 20.1. The van der Waals surface area contributed by atoms with Crippen LogP contribution >= 0.6 is 0 Å². The first kappa shape index (κ1) is 18.7. The Bertz CT molecular complexity index is 1070. The van der Waals surface area contributed by atoms with E-state index in [0.717, 1.165) is 12.3 Å². The molecule has 3 aromatic rings. The standard InChI is InChI=1S/C19H9F3N4O2/c20-19(21,22)17-4-5-25-18(26-17)28-15-3-1-2-14(9-15)27-16-7-12(10-23)6-13(8-16)11-24/h1-9H. The second-order valence-electron chi connectivity index (χ2n) is 5.37. The Labute approximate surface area is 157 Å². The number of rotatable bonds is 4. The fraction of sp³-hybridized carbons (Fsp3) is 0.0526. The molecule has 0 aliphatic rings. The number of alkyl halides is 3. The van der Waals surface area contributed by atoms with Crippen LogP contribution in [-0.2, 0) is 6.18 Å². The van der Waals surface area contributed by atoms with Crippen LogP contribution in [0.3, 0.4) is 0 Å². The van der Waals surface area contributed by atoms with Gasteiger partial charge in [-0.25, -0.2) is 4.98 Å². The van der Waals surface area contributed by atoms with E-state index in [-0.39, 0.29) is 28.4 Å². The molecule has 0 aliphatic carbocycles. The molecule has 28 heavy (non-hydrogen) atoms. The van der Waals surface area contributed by atoms with E-state index in [1.165, 1.54) is 30.3 Å². The molecule has 1 aromatic heterocycles. The van der Waals surface area contributed by atoms with E-state index in [1.54, 1.807) is 12.1 Å². The Kier molecular flexibility index (Phi) is 5.10. The van der Waals surface area contributed by atoms with Crippen LogP contribution < -0.4 is 9.47 Å². The molecular weight excluding hydrogens is 373 g/mol. The van der Waals surface area contributed by atoms with Gasteiger partial charge in [-0.15, -0.1) is 0 Å². The van der Waals surface area contributed by atoms with Crippen molar-refractivity contribution in [2.45, 2.75) is 6.18 Å². The van der Waals surface area contributed by atoms with Crippen LogP contribution in [0.1, 0.15) is 16.8 Å². The van der Waals surface area contributed by atoms with Gasteiger partial charge >= 0.3 is 12.2 Å². The number of hydrogen-bond donors (Lipinski definition) is 0. The molecule has 9 heteroatoms. The number of nitriles is 2. The number of ether oxygens (including phenoxy) is 2. The summed E-state index contributed by atoms with van der Waals surface area (Å²) in [4.78, 5) is 6.99. The monoisotopic (exact) mass is 382 g/mol. The summed E-state index contributed by atoms with van der Waals surface area (Å²) in [5.74, 6) is 0.681. The number of aromatic nitrogens is 2. The number of benzene rings is 2. The largest absolute Gasteiger partial charge is 0.457 e. The van der Waals surface area contributed by atoms with E-state index in [9.17, 15) is 13.2 Å². The van der Waals surface area contributed by atoms with Gasteiger partial charge in [-0.3, -0.25) is 0 Å². The van der Waals surface area contributed by atoms with E-state index < -0.39 is 17.9 Å². The van der Waals surface area contributed by atoms with Gasteiger partial charge in [-0.05, 0) is 36.4 Å². The summed E-state index contributed by atoms with van der Waals surface area (Å²) in [6, 6.07) is 14.5. The third-order valence-electron chi connectivity index (χ3n) is 3.34. The van der Waals surface area contributed by atoms with Crippen LogP contribution in [0.4, 0.5) is 13.2 Å². The Morgan fingerprint density at radius 3 is 2.07 bits per heavy atom. The molecule has 6 nitrogen and oxygen atoms in total. The van der Waals surface area contributed by atoms with Crippen molar-refractivity contribution in [3.05, 3.63) is 71.5 Å². The van der Waals surface area contributed by atoms with Crippen molar-refractivity contribution in [2.75, 3.05) is 0 Å². The quantitative estimate of drug-likeness (QED) is 0.642. The lowest BCUT2D eigenvalue weighted by molar-refractivity contribution is -0.141. The van der Waals surface area contributed by atoms with Crippen molar-refractivity contribution in [3.63, 3.8) is 0 Å². The van der Waals surface area contributed by atoms with E-state index in [0.29, 0.717) is 0 Å². The fourth-order valence-electron chi connectivity index (χ4n) is 2.18. The van der Waals surface area contributed by atoms with Gasteiger partial charge in [0.2, 0.25) is 0 Å². The highest BCUT2D eigenvalue weighted by molar-refractivity contribution is 5.47. The SMILES string of the molecule is N#Cc1cc(C#N)cc(Oc2cccc(Oc3nccc(C(F)(F)F)n3)c2)c1. The van der Waals surface area contributed by atoms with Gasteiger partial charge in [-0.2, -0.15) is 28.7 Å². The minimum absolute atomic E-state index is 0.147. The highest BCUT2D eigenvalue weighted by Crippen LogP contribution is 2.31. The molecule has 0 atom stereocenters. The van der Waals surface area contributed by atoms with E-state index in [2.05, 4.69) is 9.97 Å². The maximum absolute atomic E-state index is 12.7. The maximum atomic E-state index is 12.7. The molecule has 0 amide bonds. The van der Waals surface area contributed by atoms with Crippen LogP contribution in [0, 0.1) is 22.7 Å². The van der Waals surface area contributed by atoms with Gasteiger partial charge in [0, 0.05) is 12.3 Å². The minimum atomic E-state index is -4.61. The van der Waals surface area contributed by atoms with Crippen LogP contribution in [0.25, 0.3) is 0 Å². The molecule has 3 rings (SSSR count). The Morgan fingerprint density at radius 1 is 0.821 bits per heavy atom. The van der Waals surface area contributed by atoms with Crippen molar-refractivity contribution < 1.29 is 22.6 Å². The van der Waals surface area contributed by atoms with Crippen molar-refractivity contribution in [1.82, 2.24) is 9.97 Å². The summed E-state index contributed by atoms with van der Waals surface area (Å²) >= 11 is 0. The molecular formula is C19H9F3N4O2. The van der Waals surface area contributed by atoms with E-state index >= 15 is 0 Å². The average Bonchev–Trinajstić information content (AvgIpc) is 2.67. The number of nitrogens with zero attached hydrogens (tertiary/aromatic N) is 4. The zero-order valence-electron chi connectivity index (χ0n) is 13.9. The van der Waals surface area contributed by atoms with Gasteiger partial charge in [0.25, 0.3) is 0 Å². The average molecular weight is 382 g/mol. The third-order valence-corrected chi connectivity index (χ3v) is 3.34. The lowest BCUT2D eigenvalue weighted by atomic mass is 10.1. The summed E-state index contributed by atoms with van der Waals surface area (Å²) in [5, 5.41) is 18.0. The predicted octanol–water partition coefficient (Wildman–Crippen LogP) is 4.82.